The Morgan fingerprint density at radius 3 is 1.18 bits per heavy atom. The Morgan fingerprint density at radius 2 is 0.925 bits per heavy atom. The Morgan fingerprint density at radius 1 is 0.625 bits per heavy atom. The molecule has 2 N–H and O–H groups in total. The van der Waals surface area contributed by atoms with Crippen LogP contribution in [0.2, 0.25) is 0 Å². The first kappa shape index (κ1) is 32.0. The van der Waals surface area contributed by atoms with Crippen LogP contribution in [0.15, 0.2) is 60.7 Å². The molecule has 2 aliphatic rings. The summed E-state index contributed by atoms with van der Waals surface area (Å²) < 4.78 is 87.5. The third kappa shape index (κ3) is 7.80. The Balaban J connectivity index is 0.000000220. The second-order valence-electron chi connectivity index (χ2n) is 10.5. The van der Waals surface area contributed by atoms with Gasteiger partial charge < -0.3 is 19.7 Å². The highest BCUT2D eigenvalue weighted by molar-refractivity contribution is 5.23. The SMILES string of the molecule is CC(C)N1C[C@H](Oc2ccccc2)[C@@H]1[C@H](O)C(F)(F)F.CC(C)N1C[C@H](Oc2ccccc2)[C@@H]1[C@H](O)C(F)(F)F. The van der Waals surface area contributed by atoms with Gasteiger partial charge in [-0.1, -0.05) is 36.4 Å². The molecule has 12 heteroatoms. The van der Waals surface area contributed by atoms with E-state index in [9.17, 15) is 36.6 Å². The van der Waals surface area contributed by atoms with E-state index >= 15 is 0 Å². The molecule has 6 atom stereocenters. The number of aliphatic hydroxyl groups excluding tert-OH is 2. The molecule has 0 aliphatic carbocycles. The summed E-state index contributed by atoms with van der Waals surface area (Å²) in [5.41, 5.74) is 0. The number of hydrogen-bond acceptors (Lipinski definition) is 6. The van der Waals surface area contributed by atoms with Crippen LogP contribution in [0.25, 0.3) is 0 Å². The first-order valence-corrected chi connectivity index (χ1v) is 13.1. The molecular weight excluding hydrogens is 542 g/mol. The van der Waals surface area contributed by atoms with Gasteiger partial charge in [-0.2, -0.15) is 26.3 Å². The Bertz CT molecular complexity index is 955. The van der Waals surface area contributed by atoms with Crippen LogP contribution in [0, 0.1) is 0 Å². The van der Waals surface area contributed by atoms with Gasteiger partial charge in [-0.15, -0.1) is 0 Å². The molecule has 0 saturated carbocycles. The summed E-state index contributed by atoms with van der Waals surface area (Å²) in [6, 6.07) is 15.1. The number of hydrogen-bond donors (Lipinski definition) is 2. The molecule has 2 aromatic carbocycles. The van der Waals surface area contributed by atoms with Crippen molar-refractivity contribution in [3.8, 4) is 11.5 Å². The Hall–Kier alpha value is -2.54. The number of para-hydroxylation sites is 2. The molecule has 6 nitrogen and oxygen atoms in total. The van der Waals surface area contributed by atoms with E-state index in [1.54, 1.807) is 98.2 Å². The third-order valence-corrected chi connectivity index (χ3v) is 7.01. The van der Waals surface area contributed by atoms with Gasteiger partial charge in [0.2, 0.25) is 0 Å². The highest BCUT2D eigenvalue weighted by atomic mass is 19.4. The van der Waals surface area contributed by atoms with Gasteiger partial charge in [-0.3, -0.25) is 9.80 Å². The summed E-state index contributed by atoms with van der Waals surface area (Å²) in [6.07, 6.45) is -15.4. The quantitative estimate of drug-likeness (QED) is 0.435. The Kier molecular flexibility index (Phi) is 10.4. The molecule has 40 heavy (non-hydrogen) atoms. The third-order valence-electron chi connectivity index (χ3n) is 7.01. The maximum atomic E-state index is 12.7. The molecule has 224 valence electrons. The van der Waals surface area contributed by atoms with Gasteiger partial charge >= 0.3 is 12.4 Å². The van der Waals surface area contributed by atoms with Crippen molar-refractivity contribution in [2.24, 2.45) is 0 Å². The van der Waals surface area contributed by atoms with E-state index in [-0.39, 0.29) is 12.1 Å². The average molecular weight is 579 g/mol. The van der Waals surface area contributed by atoms with Gasteiger partial charge in [0.25, 0.3) is 0 Å². The summed E-state index contributed by atoms with van der Waals surface area (Å²) >= 11 is 0. The molecule has 0 unspecified atom stereocenters. The van der Waals surface area contributed by atoms with Gasteiger partial charge in [0, 0.05) is 25.2 Å². The van der Waals surface area contributed by atoms with E-state index in [1.807, 2.05) is 0 Å². The Labute approximate surface area is 230 Å². The molecule has 4 rings (SSSR count). The summed E-state index contributed by atoms with van der Waals surface area (Å²) in [5.74, 6) is 1.03. The van der Waals surface area contributed by atoms with Crippen molar-refractivity contribution >= 4 is 0 Å². The molecular formula is C28H36F6N2O4. The van der Waals surface area contributed by atoms with Crippen LogP contribution in [-0.2, 0) is 0 Å². The lowest BCUT2D eigenvalue weighted by molar-refractivity contribution is -0.251. The standard InChI is InChI=1S/2C14H18F3NO2/c2*1-9(2)18-8-11(12(18)13(19)14(15,16)17)20-10-6-4-3-5-7-10/h2*3-7,9,11-13,19H,8H2,1-2H3/t2*11-,12+,13-/m00/s1. The van der Waals surface area contributed by atoms with E-state index in [2.05, 4.69) is 0 Å². The minimum absolute atomic E-state index is 0.0763. The van der Waals surface area contributed by atoms with E-state index in [4.69, 9.17) is 9.47 Å². The number of halogens is 6. The zero-order valence-electron chi connectivity index (χ0n) is 22.7. The number of benzene rings is 2. The maximum absolute atomic E-state index is 12.7. The maximum Gasteiger partial charge on any atom is 0.416 e. The summed E-state index contributed by atoms with van der Waals surface area (Å²) in [5, 5.41) is 19.1. The lowest BCUT2D eigenvalue weighted by Gasteiger charge is -2.51. The zero-order chi connectivity index (χ0) is 29.8. The van der Waals surface area contributed by atoms with E-state index in [0.29, 0.717) is 24.6 Å². The van der Waals surface area contributed by atoms with Gasteiger partial charge in [-0.25, -0.2) is 0 Å². The first-order chi connectivity index (χ1) is 18.6. The molecule has 2 aliphatic heterocycles. The number of nitrogens with zero attached hydrogens (tertiary/aromatic N) is 2. The molecule has 0 aromatic heterocycles. The van der Waals surface area contributed by atoms with Crippen LogP contribution in [0.3, 0.4) is 0 Å². The normalized spacial score (nSPS) is 25.4. The molecule has 0 bridgehead atoms. The van der Waals surface area contributed by atoms with Crippen LogP contribution in [0.1, 0.15) is 27.7 Å². The minimum atomic E-state index is -4.64. The molecule has 2 fully saturated rings. The van der Waals surface area contributed by atoms with Gasteiger partial charge in [0.05, 0.1) is 12.1 Å². The van der Waals surface area contributed by atoms with Gasteiger partial charge in [0.1, 0.15) is 23.7 Å². The second-order valence-corrected chi connectivity index (χ2v) is 10.5. The van der Waals surface area contributed by atoms with Crippen molar-refractivity contribution in [1.29, 1.82) is 0 Å². The first-order valence-electron chi connectivity index (χ1n) is 13.1. The lowest BCUT2D eigenvalue weighted by Crippen LogP contribution is -2.71. The van der Waals surface area contributed by atoms with Crippen molar-refractivity contribution < 1.29 is 46.0 Å². The number of aliphatic hydroxyl groups is 2. The molecule has 0 amide bonds. The van der Waals surface area contributed by atoms with E-state index < -0.39 is 48.9 Å². The predicted molar refractivity (Wildman–Crippen MR) is 137 cm³/mol. The summed E-state index contributed by atoms with van der Waals surface area (Å²) in [7, 11) is 0. The fraction of sp³-hybridized carbons (Fsp3) is 0.571. The van der Waals surface area contributed by atoms with Crippen LogP contribution in [0.5, 0.6) is 11.5 Å². The van der Waals surface area contributed by atoms with E-state index in [0.717, 1.165) is 0 Å². The fourth-order valence-electron chi connectivity index (χ4n) is 4.85. The minimum Gasteiger partial charge on any atom is -0.487 e. The number of ether oxygens (including phenoxy) is 2. The second kappa shape index (κ2) is 13.0. The zero-order valence-corrected chi connectivity index (χ0v) is 22.7. The molecule has 0 radical (unpaired) electrons. The number of likely N-dealkylation sites (tertiary alicyclic amines) is 2. The molecule has 2 aromatic rings. The van der Waals surface area contributed by atoms with Gasteiger partial charge in [-0.05, 0) is 52.0 Å². The van der Waals surface area contributed by atoms with Gasteiger partial charge in [0.15, 0.2) is 12.2 Å². The van der Waals surface area contributed by atoms with Crippen molar-refractivity contribution in [2.75, 3.05) is 13.1 Å². The van der Waals surface area contributed by atoms with E-state index in [1.165, 1.54) is 0 Å². The summed E-state index contributed by atoms with van der Waals surface area (Å²) in [6.45, 7) is 7.96. The highest BCUT2D eigenvalue weighted by Crippen LogP contribution is 2.36. The fourth-order valence-corrected chi connectivity index (χ4v) is 4.85. The van der Waals surface area contributed by atoms with Crippen LogP contribution >= 0.6 is 0 Å². The van der Waals surface area contributed by atoms with Crippen LogP contribution in [-0.4, -0.2) is 94.0 Å². The average Bonchev–Trinajstić information content (AvgIpc) is 2.84. The number of rotatable bonds is 8. The predicted octanol–water partition coefficient (Wildman–Crippen LogP) is 4.90. The van der Waals surface area contributed by atoms with Crippen LogP contribution in [0.4, 0.5) is 26.3 Å². The molecule has 2 heterocycles. The topological polar surface area (TPSA) is 65.4 Å². The van der Waals surface area contributed by atoms with Crippen molar-refractivity contribution in [1.82, 2.24) is 9.80 Å². The monoisotopic (exact) mass is 578 g/mol. The highest BCUT2D eigenvalue weighted by Gasteiger charge is 2.56. The lowest BCUT2D eigenvalue weighted by atomic mass is 9.91. The molecule has 0 spiro atoms. The van der Waals surface area contributed by atoms with Crippen molar-refractivity contribution in [3.63, 3.8) is 0 Å². The molecule has 2 saturated heterocycles. The van der Waals surface area contributed by atoms with Crippen molar-refractivity contribution in [2.45, 2.75) is 88.6 Å². The van der Waals surface area contributed by atoms with Crippen molar-refractivity contribution in [3.05, 3.63) is 60.7 Å². The largest absolute Gasteiger partial charge is 0.487 e. The number of alkyl halides is 6. The smallest absolute Gasteiger partial charge is 0.416 e. The summed E-state index contributed by atoms with van der Waals surface area (Å²) in [4.78, 5) is 3.21. The van der Waals surface area contributed by atoms with Crippen LogP contribution < -0.4 is 9.47 Å².